The Kier molecular flexibility index (Phi) is 3.58. The zero-order valence-corrected chi connectivity index (χ0v) is 12.2. The van der Waals surface area contributed by atoms with Gasteiger partial charge in [0.15, 0.2) is 5.01 Å². The molecule has 1 saturated carbocycles. The molecule has 1 fully saturated rings. The molecule has 0 aliphatic heterocycles. The van der Waals surface area contributed by atoms with E-state index in [9.17, 15) is 4.79 Å². The Balaban J connectivity index is 1.74. The number of hydrogen-bond donors (Lipinski definition) is 1. The van der Waals surface area contributed by atoms with Gasteiger partial charge in [0, 0.05) is 7.05 Å². The van der Waals surface area contributed by atoms with Crippen LogP contribution in [0.5, 0.6) is 5.88 Å². The van der Waals surface area contributed by atoms with E-state index in [1.54, 1.807) is 17.9 Å². The number of nitrogens with zero attached hydrogens (tertiary/aromatic N) is 4. The molecule has 8 heteroatoms. The van der Waals surface area contributed by atoms with E-state index >= 15 is 0 Å². The van der Waals surface area contributed by atoms with Crippen LogP contribution in [0.4, 0.5) is 5.69 Å². The summed E-state index contributed by atoms with van der Waals surface area (Å²) in [5.41, 5.74) is 0.529. The molecule has 0 radical (unpaired) electrons. The largest absolute Gasteiger partial charge is 0.472 e. The molecule has 0 spiro atoms. The molecule has 2 aromatic rings. The molecular formula is C13H13N5O2S. The van der Waals surface area contributed by atoms with Gasteiger partial charge < -0.3 is 10.1 Å². The number of aryl methyl sites for hydroxylation is 1. The normalized spacial score (nSPS) is 14.3. The van der Waals surface area contributed by atoms with Crippen LogP contribution >= 0.6 is 11.3 Å². The van der Waals surface area contributed by atoms with Gasteiger partial charge in [0.05, 0.1) is 12.4 Å². The molecule has 0 unspecified atom stereocenters. The molecule has 0 atom stereocenters. The van der Waals surface area contributed by atoms with Crippen molar-refractivity contribution in [3.8, 4) is 11.9 Å². The molecule has 1 aliphatic carbocycles. The van der Waals surface area contributed by atoms with Gasteiger partial charge >= 0.3 is 0 Å². The van der Waals surface area contributed by atoms with Gasteiger partial charge in [-0.15, -0.1) is 5.10 Å². The molecule has 2 heterocycles. The molecule has 21 heavy (non-hydrogen) atoms. The molecule has 3 rings (SSSR count). The predicted octanol–water partition coefficient (Wildman–Crippen LogP) is 1.93. The van der Waals surface area contributed by atoms with Crippen molar-refractivity contribution in [3.05, 3.63) is 22.3 Å². The van der Waals surface area contributed by atoms with E-state index in [1.165, 1.54) is 6.20 Å². The van der Waals surface area contributed by atoms with E-state index in [4.69, 9.17) is 10.00 Å². The van der Waals surface area contributed by atoms with Crippen LogP contribution in [-0.2, 0) is 7.05 Å². The van der Waals surface area contributed by atoms with Crippen molar-refractivity contribution in [1.82, 2.24) is 14.8 Å². The van der Waals surface area contributed by atoms with Crippen molar-refractivity contribution in [2.75, 3.05) is 5.32 Å². The molecule has 7 nitrogen and oxygen atoms in total. The summed E-state index contributed by atoms with van der Waals surface area (Å²) in [6.07, 6.45) is 6.47. The first-order chi connectivity index (χ1) is 10.2. The van der Waals surface area contributed by atoms with E-state index in [0.29, 0.717) is 16.4 Å². The molecule has 0 aromatic carbocycles. The van der Waals surface area contributed by atoms with Gasteiger partial charge in [0.25, 0.3) is 11.8 Å². The summed E-state index contributed by atoms with van der Waals surface area (Å²) in [5.74, 6) is 0.112. The van der Waals surface area contributed by atoms with Gasteiger partial charge in [-0.25, -0.2) is 4.98 Å². The maximum atomic E-state index is 12.1. The number of thiazole rings is 1. The second-order valence-electron chi connectivity index (χ2n) is 4.79. The summed E-state index contributed by atoms with van der Waals surface area (Å²) < 4.78 is 7.35. The Morgan fingerprint density at radius 2 is 2.43 bits per heavy atom. The van der Waals surface area contributed by atoms with E-state index in [1.807, 2.05) is 6.07 Å². The molecule has 0 bridgehead atoms. The minimum absolute atomic E-state index is 0.184. The van der Waals surface area contributed by atoms with Gasteiger partial charge in [0.2, 0.25) is 0 Å². The summed E-state index contributed by atoms with van der Waals surface area (Å²) in [5, 5.41) is 16.0. The highest BCUT2D eigenvalue weighted by Gasteiger charge is 2.23. The first-order valence-corrected chi connectivity index (χ1v) is 7.35. The van der Waals surface area contributed by atoms with Crippen LogP contribution < -0.4 is 10.1 Å². The van der Waals surface area contributed by atoms with Crippen LogP contribution in [-0.4, -0.2) is 26.8 Å². The number of aromatic nitrogens is 3. The predicted molar refractivity (Wildman–Crippen MR) is 76.3 cm³/mol. The maximum absolute atomic E-state index is 12.1. The topological polar surface area (TPSA) is 92.8 Å². The zero-order chi connectivity index (χ0) is 14.8. The average Bonchev–Trinajstić information content (AvgIpc) is 3.01. The minimum atomic E-state index is -0.319. The first kappa shape index (κ1) is 13.6. The smallest absolute Gasteiger partial charge is 0.267 e. The Morgan fingerprint density at radius 1 is 1.62 bits per heavy atom. The Labute approximate surface area is 125 Å². The molecule has 1 amide bonds. The van der Waals surface area contributed by atoms with Crippen LogP contribution in [0.25, 0.3) is 0 Å². The van der Waals surface area contributed by atoms with Crippen LogP contribution in [0.3, 0.4) is 0 Å². The van der Waals surface area contributed by atoms with Crippen LogP contribution in [0.2, 0.25) is 0 Å². The van der Waals surface area contributed by atoms with Gasteiger partial charge in [-0.1, -0.05) is 11.3 Å². The Hall–Kier alpha value is -2.40. The van der Waals surface area contributed by atoms with E-state index < -0.39 is 0 Å². The van der Waals surface area contributed by atoms with Crippen molar-refractivity contribution in [2.24, 2.45) is 7.05 Å². The fraction of sp³-hybridized carbons (Fsp3) is 0.385. The molecule has 1 aliphatic rings. The number of carbonyl (C=O) groups is 1. The molecule has 108 valence electrons. The maximum Gasteiger partial charge on any atom is 0.267 e. The third-order valence-corrected chi connectivity index (χ3v) is 4.10. The summed E-state index contributed by atoms with van der Waals surface area (Å²) in [6, 6.07) is 1.91. The van der Waals surface area contributed by atoms with Crippen LogP contribution in [0.15, 0.2) is 12.4 Å². The van der Waals surface area contributed by atoms with Crippen molar-refractivity contribution in [1.29, 1.82) is 5.26 Å². The number of rotatable bonds is 4. The first-order valence-electron chi connectivity index (χ1n) is 6.53. The lowest BCUT2D eigenvalue weighted by Gasteiger charge is -2.25. The zero-order valence-electron chi connectivity index (χ0n) is 11.4. The highest BCUT2D eigenvalue weighted by molar-refractivity contribution is 7.14. The fourth-order valence-electron chi connectivity index (χ4n) is 1.90. The van der Waals surface area contributed by atoms with Crippen LogP contribution in [0.1, 0.15) is 33.9 Å². The number of carbonyl (C=O) groups excluding carboxylic acids is 1. The molecule has 1 N–H and O–H groups in total. The third-order valence-electron chi connectivity index (χ3n) is 3.20. The van der Waals surface area contributed by atoms with Crippen molar-refractivity contribution in [3.63, 3.8) is 0 Å². The van der Waals surface area contributed by atoms with Gasteiger partial charge in [-0.3, -0.25) is 9.48 Å². The van der Waals surface area contributed by atoms with E-state index in [0.717, 1.165) is 30.6 Å². The minimum Gasteiger partial charge on any atom is -0.472 e. The average molecular weight is 303 g/mol. The second-order valence-corrected chi connectivity index (χ2v) is 5.82. The summed E-state index contributed by atoms with van der Waals surface area (Å²) >= 11 is 1.05. The number of nitrogens with one attached hydrogen (secondary N) is 1. The number of anilines is 1. The summed E-state index contributed by atoms with van der Waals surface area (Å²) in [7, 11) is 1.77. The highest BCUT2D eigenvalue weighted by Crippen LogP contribution is 2.29. The Morgan fingerprint density at radius 3 is 3.05 bits per heavy atom. The number of ether oxygens (including phenoxy) is 1. The number of hydrogen-bond acceptors (Lipinski definition) is 6. The summed E-state index contributed by atoms with van der Waals surface area (Å²) in [6.45, 7) is 0. The van der Waals surface area contributed by atoms with Crippen LogP contribution in [0, 0.1) is 11.3 Å². The van der Waals surface area contributed by atoms with Gasteiger partial charge in [-0.05, 0) is 19.3 Å². The highest BCUT2D eigenvalue weighted by atomic mass is 32.1. The summed E-state index contributed by atoms with van der Waals surface area (Å²) in [4.78, 5) is 16.4. The molecule has 0 saturated heterocycles. The monoisotopic (exact) mass is 303 g/mol. The Bertz CT molecular complexity index is 710. The van der Waals surface area contributed by atoms with Crippen molar-refractivity contribution >= 4 is 22.9 Å². The van der Waals surface area contributed by atoms with E-state index in [-0.39, 0.29) is 17.0 Å². The van der Waals surface area contributed by atoms with Gasteiger partial charge in [-0.2, -0.15) is 5.26 Å². The lowest BCUT2D eigenvalue weighted by atomic mass is 9.96. The number of amides is 1. The quantitative estimate of drug-likeness (QED) is 0.931. The lowest BCUT2D eigenvalue weighted by molar-refractivity contribution is 0.102. The lowest BCUT2D eigenvalue weighted by Crippen LogP contribution is -2.25. The second kappa shape index (κ2) is 5.54. The molecular weight excluding hydrogens is 290 g/mol. The standard InChI is InChI=1S/C13H13N5O2S/c1-18-7-9(13(17-18)20-8-3-2-4-8)16-12(19)10-6-15-11(5-14)21-10/h6-8H,2-4H2,1H3,(H,16,19). The van der Waals surface area contributed by atoms with Crippen molar-refractivity contribution in [2.45, 2.75) is 25.4 Å². The van der Waals surface area contributed by atoms with E-state index in [2.05, 4.69) is 15.4 Å². The fourth-order valence-corrected chi connectivity index (χ4v) is 2.51. The third kappa shape index (κ3) is 2.87. The SMILES string of the molecule is Cn1cc(NC(=O)c2cnc(C#N)s2)c(OC2CCC2)n1. The van der Waals surface area contributed by atoms with Gasteiger partial charge in [0.1, 0.15) is 22.7 Å². The number of nitriles is 1. The van der Waals surface area contributed by atoms with Crippen molar-refractivity contribution < 1.29 is 9.53 Å². The molecule has 2 aromatic heterocycles.